The van der Waals surface area contributed by atoms with Crippen molar-refractivity contribution in [2.24, 2.45) is 0 Å². The van der Waals surface area contributed by atoms with Gasteiger partial charge in [0.1, 0.15) is 11.9 Å². The lowest BCUT2D eigenvalue weighted by molar-refractivity contribution is 0.0968. The van der Waals surface area contributed by atoms with Gasteiger partial charge in [0, 0.05) is 5.92 Å². The smallest absolute Gasteiger partial charge is 0.161 e. The third-order valence-electron chi connectivity index (χ3n) is 4.12. The fourth-order valence-corrected chi connectivity index (χ4v) is 2.61. The van der Waals surface area contributed by atoms with Crippen LogP contribution in [-0.2, 0) is 0 Å². The van der Waals surface area contributed by atoms with Gasteiger partial charge in [-0.1, -0.05) is 31.2 Å². The lowest BCUT2D eigenvalue weighted by Gasteiger charge is -2.25. The van der Waals surface area contributed by atoms with Crippen molar-refractivity contribution in [3.63, 3.8) is 0 Å². The molecule has 0 bridgehead atoms. The number of hydrogen-bond acceptors (Lipinski definition) is 4. The van der Waals surface area contributed by atoms with Crippen molar-refractivity contribution >= 4 is 0 Å². The molecule has 0 heterocycles. The summed E-state index contributed by atoms with van der Waals surface area (Å²) in [5, 5.41) is 9.79. The minimum Gasteiger partial charge on any atom is -0.493 e. The summed E-state index contributed by atoms with van der Waals surface area (Å²) in [4.78, 5) is 0. The van der Waals surface area contributed by atoms with Crippen LogP contribution in [0.3, 0.4) is 0 Å². The molecule has 0 aromatic heterocycles. The van der Waals surface area contributed by atoms with E-state index in [0.29, 0.717) is 12.4 Å². The van der Waals surface area contributed by atoms with E-state index in [4.69, 9.17) is 14.2 Å². The van der Waals surface area contributed by atoms with Crippen molar-refractivity contribution < 1.29 is 19.3 Å². The molecule has 24 heavy (non-hydrogen) atoms. The molecule has 0 aliphatic carbocycles. The van der Waals surface area contributed by atoms with Crippen LogP contribution in [0.4, 0.5) is 0 Å². The maximum atomic E-state index is 9.79. The molecule has 0 spiro atoms. The van der Waals surface area contributed by atoms with Crippen LogP contribution in [-0.4, -0.2) is 31.5 Å². The quantitative estimate of drug-likeness (QED) is 0.796. The number of ether oxygens (including phenoxy) is 3. The number of methoxy groups -OCH3 is 1. The van der Waals surface area contributed by atoms with Gasteiger partial charge in [-0.05, 0) is 43.2 Å². The fraction of sp³-hybridized carbons (Fsp3) is 0.400. The number of rotatable bonds is 8. The molecule has 2 rings (SSSR count). The largest absolute Gasteiger partial charge is 0.493 e. The number of para-hydroxylation sites is 1. The summed E-state index contributed by atoms with van der Waals surface area (Å²) in [7, 11) is 1.62. The number of aliphatic hydroxyl groups excluding tert-OH is 1. The summed E-state index contributed by atoms with van der Waals surface area (Å²) >= 11 is 0. The standard InChI is InChI=1S/C20H26O4/c1-5-23-18-11-10-16(12-19(18)22-4)15(3)20(13-21)24-17-9-7-6-8-14(17)2/h6-12,15,20-21H,5,13H2,1-4H3. The molecule has 1 N–H and O–H groups in total. The SMILES string of the molecule is CCOc1ccc(C(C)C(CO)Oc2ccccc2C)cc1OC. The van der Waals surface area contributed by atoms with Gasteiger partial charge in [-0.25, -0.2) is 0 Å². The Kier molecular flexibility index (Phi) is 6.50. The molecule has 0 saturated heterocycles. The van der Waals surface area contributed by atoms with Crippen LogP contribution in [0.2, 0.25) is 0 Å². The molecule has 2 atom stereocenters. The summed E-state index contributed by atoms with van der Waals surface area (Å²) in [5.41, 5.74) is 2.08. The van der Waals surface area contributed by atoms with Gasteiger partial charge < -0.3 is 19.3 Å². The first-order chi connectivity index (χ1) is 11.6. The predicted octanol–water partition coefficient (Wildman–Crippen LogP) is 3.95. The van der Waals surface area contributed by atoms with Gasteiger partial charge >= 0.3 is 0 Å². The van der Waals surface area contributed by atoms with Crippen LogP contribution >= 0.6 is 0 Å². The summed E-state index contributed by atoms with van der Waals surface area (Å²) in [6.45, 7) is 6.49. The molecule has 2 aromatic carbocycles. The van der Waals surface area contributed by atoms with Gasteiger partial charge in [-0.15, -0.1) is 0 Å². The van der Waals surface area contributed by atoms with Crippen LogP contribution in [0.5, 0.6) is 17.2 Å². The highest BCUT2D eigenvalue weighted by Crippen LogP contribution is 2.33. The van der Waals surface area contributed by atoms with Crippen molar-refractivity contribution in [2.75, 3.05) is 20.3 Å². The van der Waals surface area contributed by atoms with Crippen molar-refractivity contribution in [1.29, 1.82) is 0 Å². The Morgan fingerprint density at radius 2 is 1.79 bits per heavy atom. The highest BCUT2D eigenvalue weighted by molar-refractivity contribution is 5.44. The zero-order chi connectivity index (χ0) is 17.5. The van der Waals surface area contributed by atoms with E-state index < -0.39 is 0 Å². The molecule has 0 amide bonds. The molecule has 4 heteroatoms. The van der Waals surface area contributed by atoms with Crippen LogP contribution in [0.25, 0.3) is 0 Å². The zero-order valence-corrected chi connectivity index (χ0v) is 14.8. The van der Waals surface area contributed by atoms with E-state index >= 15 is 0 Å². The van der Waals surface area contributed by atoms with Gasteiger partial charge in [0.15, 0.2) is 11.5 Å². The maximum Gasteiger partial charge on any atom is 0.161 e. The normalized spacial score (nSPS) is 13.2. The minimum absolute atomic E-state index is 0.000757. The fourth-order valence-electron chi connectivity index (χ4n) is 2.61. The molecule has 0 radical (unpaired) electrons. The Labute approximate surface area is 144 Å². The Morgan fingerprint density at radius 3 is 2.42 bits per heavy atom. The average Bonchev–Trinajstić information content (AvgIpc) is 2.61. The van der Waals surface area contributed by atoms with Gasteiger partial charge in [0.2, 0.25) is 0 Å². The second kappa shape index (κ2) is 8.60. The highest BCUT2D eigenvalue weighted by atomic mass is 16.5. The lowest BCUT2D eigenvalue weighted by atomic mass is 9.95. The van der Waals surface area contributed by atoms with E-state index in [9.17, 15) is 5.11 Å². The van der Waals surface area contributed by atoms with E-state index in [1.54, 1.807) is 7.11 Å². The summed E-state index contributed by atoms with van der Waals surface area (Å²) in [6, 6.07) is 13.6. The Bertz CT molecular complexity index is 654. The zero-order valence-electron chi connectivity index (χ0n) is 14.8. The molecule has 4 nitrogen and oxygen atoms in total. The molecule has 2 aromatic rings. The molecule has 2 unspecified atom stereocenters. The van der Waals surface area contributed by atoms with Crippen LogP contribution in [0.1, 0.15) is 30.9 Å². The second-order valence-electron chi connectivity index (χ2n) is 5.74. The first kappa shape index (κ1) is 18.1. The van der Waals surface area contributed by atoms with Gasteiger partial charge in [-0.2, -0.15) is 0 Å². The van der Waals surface area contributed by atoms with E-state index in [1.165, 1.54) is 0 Å². The van der Waals surface area contributed by atoms with Crippen molar-refractivity contribution in [3.8, 4) is 17.2 Å². The molecule has 0 aliphatic heterocycles. The van der Waals surface area contributed by atoms with E-state index in [0.717, 1.165) is 22.6 Å². The second-order valence-corrected chi connectivity index (χ2v) is 5.74. The molecule has 0 aliphatic rings. The molecular formula is C20H26O4. The minimum atomic E-state index is -0.339. The van der Waals surface area contributed by atoms with Crippen molar-refractivity contribution in [2.45, 2.75) is 32.8 Å². The van der Waals surface area contributed by atoms with Crippen LogP contribution in [0.15, 0.2) is 42.5 Å². The van der Waals surface area contributed by atoms with Crippen LogP contribution in [0, 0.1) is 6.92 Å². The van der Waals surface area contributed by atoms with E-state index in [-0.39, 0.29) is 18.6 Å². The molecular weight excluding hydrogens is 304 g/mol. The summed E-state index contributed by atoms with van der Waals surface area (Å²) in [6.07, 6.45) is -0.339. The number of hydrogen-bond donors (Lipinski definition) is 1. The Morgan fingerprint density at radius 1 is 1.04 bits per heavy atom. The molecule has 0 fully saturated rings. The van der Waals surface area contributed by atoms with Crippen LogP contribution < -0.4 is 14.2 Å². The van der Waals surface area contributed by atoms with Gasteiger partial charge in [-0.3, -0.25) is 0 Å². The molecule has 0 saturated carbocycles. The van der Waals surface area contributed by atoms with Crippen molar-refractivity contribution in [3.05, 3.63) is 53.6 Å². The number of aryl methyl sites for hydroxylation is 1. The first-order valence-corrected chi connectivity index (χ1v) is 8.24. The van der Waals surface area contributed by atoms with Gasteiger partial charge in [0.05, 0.1) is 20.3 Å². The highest BCUT2D eigenvalue weighted by Gasteiger charge is 2.22. The summed E-state index contributed by atoms with van der Waals surface area (Å²) < 4.78 is 17.0. The topological polar surface area (TPSA) is 47.9 Å². The lowest BCUT2D eigenvalue weighted by Crippen LogP contribution is -2.28. The third-order valence-corrected chi connectivity index (χ3v) is 4.12. The Hall–Kier alpha value is -2.20. The average molecular weight is 330 g/mol. The Balaban J connectivity index is 2.21. The van der Waals surface area contributed by atoms with E-state index in [2.05, 4.69) is 0 Å². The first-order valence-electron chi connectivity index (χ1n) is 8.24. The number of aliphatic hydroxyl groups is 1. The van der Waals surface area contributed by atoms with E-state index in [1.807, 2.05) is 63.2 Å². The van der Waals surface area contributed by atoms with Gasteiger partial charge in [0.25, 0.3) is 0 Å². The predicted molar refractivity (Wildman–Crippen MR) is 95.3 cm³/mol. The number of benzene rings is 2. The molecule has 130 valence electrons. The third kappa shape index (κ3) is 4.20. The maximum absolute atomic E-state index is 9.79. The van der Waals surface area contributed by atoms with Crippen molar-refractivity contribution in [1.82, 2.24) is 0 Å². The summed E-state index contributed by atoms with van der Waals surface area (Å²) in [5.74, 6) is 2.20. The monoisotopic (exact) mass is 330 g/mol.